The van der Waals surface area contributed by atoms with Crippen molar-refractivity contribution >= 4 is 11.8 Å². The number of carbonyl (C=O) groups excluding carboxylic acids is 2. The molecule has 130 valence electrons. The highest BCUT2D eigenvalue weighted by Crippen LogP contribution is 2.34. The summed E-state index contributed by atoms with van der Waals surface area (Å²) < 4.78 is 7.06. The van der Waals surface area contributed by atoms with Crippen molar-refractivity contribution in [1.29, 1.82) is 0 Å². The highest BCUT2D eigenvalue weighted by molar-refractivity contribution is 5.78. The van der Waals surface area contributed by atoms with Crippen molar-refractivity contribution in [2.45, 2.75) is 31.8 Å². The van der Waals surface area contributed by atoms with Crippen LogP contribution in [0.25, 0.3) is 0 Å². The molecule has 1 aromatic rings. The Morgan fingerprint density at radius 2 is 2.25 bits per heavy atom. The third-order valence-corrected chi connectivity index (χ3v) is 4.95. The first-order valence-corrected chi connectivity index (χ1v) is 8.30. The maximum absolute atomic E-state index is 12.6. The van der Waals surface area contributed by atoms with Crippen LogP contribution >= 0.6 is 0 Å². The second-order valence-electron chi connectivity index (χ2n) is 6.62. The number of ether oxygens (including phenoxy) is 1. The van der Waals surface area contributed by atoms with E-state index in [-0.39, 0.29) is 35.3 Å². The zero-order valence-corrected chi connectivity index (χ0v) is 13.9. The zero-order valence-electron chi connectivity index (χ0n) is 13.9. The molecule has 0 aromatic carbocycles. The van der Waals surface area contributed by atoms with Crippen LogP contribution in [0.5, 0.6) is 0 Å². The van der Waals surface area contributed by atoms with Gasteiger partial charge >= 0.3 is 0 Å². The van der Waals surface area contributed by atoms with Gasteiger partial charge in [-0.3, -0.25) is 14.4 Å². The Bertz CT molecular complexity index is 686. The quantitative estimate of drug-likeness (QED) is 0.840. The predicted molar refractivity (Wildman–Crippen MR) is 87.4 cm³/mol. The molecule has 2 aliphatic rings. The van der Waals surface area contributed by atoms with Crippen molar-refractivity contribution in [3.8, 4) is 0 Å². The summed E-state index contributed by atoms with van der Waals surface area (Å²) >= 11 is 0. The van der Waals surface area contributed by atoms with Crippen LogP contribution in [0.15, 0.2) is 29.2 Å². The minimum absolute atomic E-state index is 0.00452. The van der Waals surface area contributed by atoms with Gasteiger partial charge in [0.15, 0.2) is 0 Å². The van der Waals surface area contributed by atoms with Crippen LogP contribution in [0.2, 0.25) is 0 Å². The molecule has 0 aliphatic carbocycles. The highest BCUT2D eigenvalue weighted by Gasteiger charge is 2.50. The van der Waals surface area contributed by atoms with Crippen molar-refractivity contribution in [2.24, 2.45) is 5.92 Å². The monoisotopic (exact) mass is 333 g/mol. The van der Waals surface area contributed by atoms with Crippen LogP contribution < -0.4 is 10.9 Å². The Hall–Kier alpha value is -2.15. The molecule has 2 amide bonds. The molecule has 2 fully saturated rings. The number of rotatable bonds is 4. The minimum atomic E-state index is -0.372. The first-order valence-electron chi connectivity index (χ1n) is 8.30. The van der Waals surface area contributed by atoms with Crippen molar-refractivity contribution in [3.05, 3.63) is 34.7 Å². The van der Waals surface area contributed by atoms with Gasteiger partial charge in [0.1, 0.15) is 0 Å². The lowest BCUT2D eigenvalue weighted by Gasteiger charge is -2.38. The molecule has 7 heteroatoms. The fraction of sp³-hybridized carbons (Fsp3) is 0.588. The molecule has 0 saturated carbocycles. The average molecular weight is 333 g/mol. The van der Waals surface area contributed by atoms with Crippen LogP contribution in [0.1, 0.15) is 19.8 Å². The van der Waals surface area contributed by atoms with Crippen molar-refractivity contribution in [2.75, 3.05) is 26.3 Å². The van der Waals surface area contributed by atoms with Gasteiger partial charge in [0.2, 0.25) is 11.8 Å². The fourth-order valence-electron chi connectivity index (χ4n) is 3.71. The van der Waals surface area contributed by atoms with Gasteiger partial charge in [-0.25, -0.2) is 0 Å². The number of nitrogens with one attached hydrogen (secondary N) is 1. The minimum Gasteiger partial charge on any atom is -0.381 e. The number of fused-ring (bicyclic) bond motifs is 1. The first-order chi connectivity index (χ1) is 11.5. The number of hydrogen-bond acceptors (Lipinski definition) is 4. The van der Waals surface area contributed by atoms with E-state index in [0.29, 0.717) is 32.8 Å². The van der Waals surface area contributed by atoms with E-state index in [1.54, 1.807) is 23.2 Å². The number of aryl methyl sites for hydroxylation is 1. The van der Waals surface area contributed by atoms with Crippen LogP contribution in [-0.2, 0) is 20.9 Å². The molecule has 24 heavy (non-hydrogen) atoms. The summed E-state index contributed by atoms with van der Waals surface area (Å²) in [4.78, 5) is 37.6. The lowest BCUT2D eigenvalue weighted by molar-refractivity contribution is -0.131. The number of nitrogens with zero attached hydrogens (tertiary/aromatic N) is 2. The molecule has 0 spiro atoms. The Kier molecular flexibility index (Phi) is 4.71. The molecule has 1 aromatic heterocycles. The Balaban J connectivity index is 1.65. The first kappa shape index (κ1) is 16.7. The summed E-state index contributed by atoms with van der Waals surface area (Å²) in [5, 5.41) is 3.06. The number of carbonyl (C=O) groups is 2. The molecule has 1 N–H and O–H groups in total. The van der Waals surface area contributed by atoms with Crippen molar-refractivity contribution in [3.63, 3.8) is 0 Å². The number of amides is 2. The van der Waals surface area contributed by atoms with Gasteiger partial charge in [-0.1, -0.05) is 6.07 Å². The van der Waals surface area contributed by atoms with Gasteiger partial charge < -0.3 is 19.5 Å². The van der Waals surface area contributed by atoms with E-state index in [1.165, 1.54) is 17.6 Å². The predicted octanol–water partition coefficient (Wildman–Crippen LogP) is -0.00800. The maximum atomic E-state index is 12.6. The van der Waals surface area contributed by atoms with Gasteiger partial charge in [0.05, 0.1) is 12.1 Å². The zero-order chi connectivity index (χ0) is 17.2. The van der Waals surface area contributed by atoms with E-state index < -0.39 is 0 Å². The topological polar surface area (TPSA) is 80.6 Å². The van der Waals surface area contributed by atoms with E-state index in [4.69, 9.17) is 4.74 Å². The van der Waals surface area contributed by atoms with Crippen molar-refractivity contribution < 1.29 is 14.3 Å². The summed E-state index contributed by atoms with van der Waals surface area (Å²) in [6.07, 6.45) is 2.68. The molecule has 0 radical (unpaired) electrons. The van der Waals surface area contributed by atoms with Gasteiger partial charge in [-0.15, -0.1) is 0 Å². The average Bonchev–Trinajstić information content (AvgIpc) is 2.92. The van der Waals surface area contributed by atoms with E-state index in [9.17, 15) is 14.4 Å². The summed E-state index contributed by atoms with van der Waals surface area (Å²) in [7, 11) is 0. The molecule has 0 bridgehead atoms. The number of hydrogen-bond donors (Lipinski definition) is 1. The summed E-state index contributed by atoms with van der Waals surface area (Å²) in [5.74, 6) is 0.0514. The SMILES string of the molecule is CC(=O)NC12CCOCC1CN(C(=O)CCn1ccccc1=O)C2. The molecule has 7 nitrogen and oxygen atoms in total. The third kappa shape index (κ3) is 3.36. The van der Waals surface area contributed by atoms with Gasteiger partial charge in [-0.05, 0) is 12.5 Å². The fourth-order valence-corrected chi connectivity index (χ4v) is 3.71. The van der Waals surface area contributed by atoms with E-state index in [0.717, 1.165) is 6.42 Å². The smallest absolute Gasteiger partial charge is 0.250 e. The summed E-state index contributed by atoms with van der Waals surface area (Å²) in [6, 6.07) is 4.94. The van der Waals surface area contributed by atoms with Crippen LogP contribution in [0, 0.1) is 5.92 Å². The summed E-state index contributed by atoms with van der Waals surface area (Å²) in [6.45, 7) is 4.13. The van der Waals surface area contributed by atoms with Gasteiger partial charge in [-0.2, -0.15) is 0 Å². The Morgan fingerprint density at radius 3 is 3.00 bits per heavy atom. The Morgan fingerprint density at radius 1 is 1.42 bits per heavy atom. The third-order valence-electron chi connectivity index (χ3n) is 4.95. The molecule has 2 saturated heterocycles. The molecule has 2 aliphatic heterocycles. The lowest BCUT2D eigenvalue weighted by Crippen LogP contribution is -2.57. The normalized spacial score (nSPS) is 26.0. The highest BCUT2D eigenvalue weighted by atomic mass is 16.5. The molecule has 2 unspecified atom stereocenters. The molecular weight excluding hydrogens is 310 g/mol. The van der Waals surface area contributed by atoms with Gasteiger partial charge in [0.25, 0.3) is 5.56 Å². The molecule has 2 atom stereocenters. The second kappa shape index (κ2) is 6.76. The van der Waals surface area contributed by atoms with E-state index in [1.807, 2.05) is 0 Å². The van der Waals surface area contributed by atoms with Crippen molar-refractivity contribution in [1.82, 2.24) is 14.8 Å². The van der Waals surface area contributed by atoms with Crippen LogP contribution in [0.4, 0.5) is 0 Å². The van der Waals surface area contributed by atoms with E-state index >= 15 is 0 Å². The van der Waals surface area contributed by atoms with Crippen LogP contribution in [-0.4, -0.2) is 53.1 Å². The lowest BCUT2D eigenvalue weighted by atomic mass is 9.83. The summed E-state index contributed by atoms with van der Waals surface area (Å²) in [5.41, 5.74) is -0.480. The second-order valence-corrected chi connectivity index (χ2v) is 6.62. The largest absolute Gasteiger partial charge is 0.381 e. The van der Waals surface area contributed by atoms with Gasteiger partial charge in [0, 0.05) is 57.8 Å². The number of pyridine rings is 1. The molecular formula is C17H23N3O4. The molecule has 3 heterocycles. The molecule has 3 rings (SSSR count). The number of likely N-dealkylation sites (tertiary alicyclic amines) is 1. The Labute approximate surface area is 140 Å². The maximum Gasteiger partial charge on any atom is 0.250 e. The number of aromatic nitrogens is 1. The van der Waals surface area contributed by atoms with Crippen LogP contribution in [0.3, 0.4) is 0 Å². The van der Waals surface area contributed by atoms with E-state index in [2.05, 4.69) is 5.32 Å². The standard InChI is InChI=1S/C17H23N3O4/c1-13(21)18-17-6-9-24-11-14(17)10-20(12-17)16(23)5-8-19-7-3-2-4-15(19)22/h2-4,7,14H,5-6,8-12H2,1H3,(H,18,21).